The normalized spacial score (nSPS) is 19.8. The third kappa shape index (κ3) is 5.78. The zero-order chi connectivity index (χ0) is 27.5. The van der Waals surface area contributed by atoms with Crippen LogP contribution in [0.15, 0.2) is 71.9 Å². The number of benzene rings is 1. The molecule has 1 radical (unpaired) electrons. The number of aliphatic imine (C=N–C) groups is 1. The second-order valence-corrected chi connectivity index (χ2v) is 10.7. The molecule has 0 saturated carbocycles. The smallest absolute Gasteiger partial charge is 0.308 e. The van der Waals surface area contributed by atoms with Crippen molar-refractivity contribution in [3.63, 3.8) is 0 Å². The van der Waals surface area contributed by atoms with E-state index in [2.05, 4.69) is 44.1 Å². The molecule has 6 rings (SSSR count). The van der Waals surface area contributed by atoms with Gasteiger partial charge in [0.05, 0.1) is 31.4 Å². The summed E-state index contributed by atoms with van der Waals surface area (Å²) in [7, 11) is 0. The van der Waals surface area contributed by atoms with Gasteiger partial charge in [-0.25, -0.2) is 4.98 Å². The number of piperidine rings is 1. The summed E-state index contributed by atoms with van der Waals surface area (Å²) >= 11 is 0. The van der Waals surface area contributed by atoms with E-state index in [4.69, 9.17) is 4.74 Å². The number of hydrogen-bond acceptors (Lipinski definition) is 8. The van der Waals surface area contributed by atoms with Crippen LogP contribution in [0.4, 0.5) is 11.5 Å². The molecule has 2 amide bonds. The minimum atomic E-state index is -0.0332. The summed E-state index contributed by atoms with van der Waals surface area (Å²) < 4.78 is 5.35. The minimum Gasteiger partial charge on any atom is -0.378 e. The highest BCUT2D eigenvalue weighted by atomic mass is 16.5. The molecule has 0 atom stereocenters. The van der Waals surface area contributed by atoms with E-state index in [-0.39, 0.29) is 11.8 Å². The second-order valence-electron chi connectivity index (χ2n) is 10.7. The van der Waals surface area contributed by atoms with Crippen molar-refractivity contribution < 1.29 is 14.3 Å². The molecule has 2 saturated heterocycles. The van der Waals surface area contributed by atoms with Crippen LogP contribution in [-0.2, 0) is 16.0 Å². The van der Waals surface area contributed by atoms with Gasteiger partial charge in [0.1, 0.15) is 11.5 Å². The number of hydrogen-bond donors (Lipinski definition) is 1. The molecule has 4 aliphatic heterocycles. The van der Waals surface area contributed by atoms with Gasteiger partial charge in [-0.1, -0.05) is 24.0 Å². The van der Waals surface area contributed by atoms with Crippen LogP contribution in [0.3, 0.4) is 0 Å². The Kier molecular flexibility index (Phi) is 7.61. The Bertz CT molecular complexity index is 1340. The quantitative estimate of drug-likeness (QED) is 0.565. The SMILES string of the molecule is CC1CCN(C(=O)Cc2cccc(N3C=C(Nc4ccc(C(=O)N5CCOCC5)cn4)C4=NC=C[N+]4C3)c2)CC1. The van der Waals surface area contributed by atoms with E-state index >= 15 is 0 Å². The molecule has 1 N–H and O–H groups in total. The molecule has 5 heterocycles. The third-order valence-electron chi connectivity index (χ3n) is 7.85. The van der Waals surface area contributed by atoms with Gasteiger partial charge in [0, 0.05) is 44.3 Å². The molecule has 1 aromatic carbocycles. The summed E-state index contributed by atoms with van der Waals surface area (Å²) in [5, 5.41) is 3.38. The number of aromatic nitrogens is 1. The number of ether oxygens (including phenoxy) is 1. The Morgan fingerprint density at radius 2 is 1.90 bits per heavy atom. The van der Waals surface area contributed by atoms with Crippen LogP contribution in [0, 0.1) is 5.92 Å². The van der Waals surface area contributed by atoms with Crippen molar-refractivity contribution >= 4 is 29.2 Å². The average Bonchev–Trinajstić information content (AvgIpc) is 3.47. The molecule has 0 spiro atoms. The first-order valence-electron chi connectivity index (χ1n) is 14.0. The molecule has 207 valence electrons. The van der Waals surface area contributed by atoms with Gasteiger partial charge in [0.15, 0.2) is 6.20 Å². The van der Waals surface area contributed by atoms with Crippen molar-refractivity contribution in [2.24, 2.45) is 10.9 Å². The fourth-order valence-electron chi connectivity index (χ4n) is 5.40. The molecular formula is C30H35N7O3+. The van der Waals surface area contributed by atoms with E-state index in [1.807, 2.05) is 35.5 Å². The van der Waals surface area contributed by atoms with Crippen LogP contribution < -0.4 is 15.1 Å². The van der Waals surface area contributed by atoms with Crippen molar-refractivity contribution in [2.45, 2.75) is 26.2 Å². The molecule has 0 bridgehead atoms. The molecule has 2 fully saturated rings. The van der Waals surface area contributed by atoms with Gasteiger partial charge in [-0.05, 0) is 48.6 Å². The number of morpholine rings is 1. The van der Waals surface area contributed by atoms with E-state index < -0.39 is 0 Å². The van der Waals surface area contributed by atoms with E-state index in [0.29, 0.717) is 56.7 Å². The van der Waals surface area contributed by atoms with Crippen LogP contribution in [0.2, 0.25) is 0 Å². The van der Waals surface area contributed by atoms with Crippen LogP contribution in [-0.4, -0.2) is 78.5 Å². The molecule has 40 heavy (non-hydrogen) atoms. The molecule has 4 aliphatic rings. The van der Waals surface area contributed by atoms with Gasteiger partial charge in [-0.2, -0.15) is 4.99 Å². The lowest BCUT2D eigenvalue weighted by atomic mass is 9.98. The maximum absolute atomic E-state index is 12.9. The molecular weight excluding hydrogens is 506 g/mol. The molecule has 0 unspecified atom stereocenters. The largest absolute Gasteiger partial charge is 0.378 e. The minimum absolute atomic E-state index is 0.0332. The standard InChI is InChI=1S/C30H35N7O3/c1-22-7-10-34(11-8-22)28(38)18-23-3-2-4-25(17-23)37-20-26(29-31-9-12-36(29)21-37)33-27-6-5-24(19-32-27)30(39)35-13-15-40-16-14-35/h2-6,9,12,17,19-20,22H,7-8,10-11,13-16,18,21H2,1H3,(H,32,33)/q+1. The number of amides is 2. The van der Waals surface area contributed by atoms with Crippen LogP contribution in [0.5, 0.6) is 0 Å². The van der Waals surface area contributed by atoms with Gasteiger partial charge in [0.25, 0.3) is 5.91 Å². The highest BCUT2D eigenvalue weighted by Gasteiger charge is 2.36. The number of carbonyl (C=O) groups excluding carboxylic acids is 2. The second kappa shape index (κ2) is 11.6. The summed E-state index contributed by atoms with van der Waals surface area (Å²) in [5.74, 6) is 2.28. The highest BCUT2D eigenvalue weighted by molar-refractivity contribution is 6.06. The summed E-state index contributed by atoms with van der Waals surface area (Å²) in [4.78, 5) is 42.8. The Morgan fingerprint density at radius 3 is 2.67 bits per heavy atom. The molecule has 1 aromatic heterocycles. The lowest BCUT2D eigenvalue weighted by molar-refractivity contribution is -0.131. The van der Waals surface area contributed by atoms with Gasteiger partial charge in [-0.15, -0.1) is 0 Å². The third-order valence-corrected chi connectivity index (χ3v) is 7.85. The summed E-state index contributed by atoms with van der Waals surface area (Å²) in [6.45, 7) is 6.87. The zero-order valence-corrected chi connectivity index (χ0v) is 22.8. The van der Waals surface area contributed by atoms with E-state index in [1.54, 1.807) is 23.4 Å². The van der Waals surface area contributed by atoms with Gasteiger partial charge in [0.2, 0.25) is 12.6 Å². The molecule has 2 aromatic rings. The molecule has 10 nitrogen and oxygen atoms in total. The number of nitrogens with zero attached hydrogens (tertiary/aromatic N) is 6. The first-order valence-corrected chi connectivity index (χ1v) is 14.0. The topological polar surface area (TPSA) is 96.3 Å². The van der Waals surface area contributed by atoms with Crippen LogP contribution in [0.1, 0.15) is 35.7 Å². The van der Waals surface area contributed by atoms with Crippen molar-refractivity contribution in [1.82, 2.24) is 19.7 Å². The van der Waals surface area contributed by atoms with Crippen molar-refractivity contribution in [3.8, 4) is 0 Å². The van der Waals surface area contributed by atoms with Gasteiger partial charge >= 0.3 is 5.84 Å². The maximum Gasteiger partial charge on any atom is 0.308 e. The van der Waals surface area contributed by atoms with Crippen LogP contribution in [0.25, 0.3) is 0 Å². The Hall–Kier alpha value is -4.02. The van der Waals surface area contributed by atoms with Gasteiger partial charge < -0.3 is 19.9 Å². The number of nitrogens with one attached hydrogen (secondary N) is 1. The number of amidine groups is 1. The monoisotopic (exact) mass is 541 g/mol. The lowest BCUT2D eigenvalue weighted by Crippen LogP contribution is -2.46. The summed E-state index contributed by atoms with van der Waals surface area (Å²) in [6.07, 6.45) is 9.91. The van der Waals surface area contributed by atoms with Crippen molar-refractivity contribution in [3.05, 3.63) is 78.0 Å². The van der Waals surface area contributed by atoms with E-state index in [0.717, 1.165) is 48.7 Å². The average molecular weight is 542 g/mol. The zero-order valence-electron chi connectivity index (χ0n) is 22.8. The molecule has 0 aliphatic carbocycles. The number of likely N-dealkylation sites (tertiary alicyclic amines) is 1. The number of fused-ring (bicyclic) bond motifs is 1. The highest BCUT2D eigenvalue weighted by Crippen LogP contribution is 2.25. The Morgan fingerprint density at radius 1 is 1.07 bits per heavy atom. The number of pyridine rings is 1. The predicted octanol–water partition coefficient (Wildman–Crippen LogP) is 3.11. The fourth-order valence-corrected chi connectivity index (χ4v) is 5.40. The Labute approximate surface area is 234 Å². The van der Waals surface area contributed by atoms with Crippen molar-refractivity contribution in [1.29, 1.82) is 0 Å². The summed E-state index contributed by atoms with van der Waals surface area (Å²) in [6, 6.07) is 11.8. The van der Waals surface area contributed by atoms with Crippen molar-refractivity contribution in [2.75, 3.05) is 56.3 Å². The first-order chi connectivity index (χ1) is 19.5. The predicted molar refractivity (Wildman–Crippen MR) is 154 cm³/mol. The number of anilines is 2. The summed E-state index contributed by atoms with van der Waals surface area (Å²) in [5.41, 5.74) is 3.34. The first kappa shape index (κ1) is 26.2. The van der Waals surface area contributed by atoms with E-state index in [9.17, 15) is 9.59 Å². The maximum atomic E-state index is 12.9. The molecule has 10 heteroatoms. The number of carbonyl (C=O) groups is 2. The van der Waals surface area contributed by atoms with Crippen LogP contribution >= 0.6 is 0 Å². The van der Waals surface area contributed by atoms with E-state index in [1.165, 1.54) is 0 Å². The van der Waals surface area contributed by atoms with Gasteiger partial charge in [-0.3, -0.25) is 14.5 Å². The number of rotatable bonds is 6. The Balaban J connectivity index is 1.16. The fraction of sp³-hybridized carbons (Fsp3) is 0.400. The lowest BCUT2D eigenvalue weighted by Gasteiger charge is -2.30.